The summed E-state index contributed by atoms with van der Waals surface area (Å²) in [6.45, 7) is 3.87. The van der Waals surface area contributed by atoms with Gasteiger partial charge in [0.15, 0.2) is 0 Å². The number of nitrogens with zero attached hydrogens (tertiary/aromatic N) is 2. The molecule has 1 aliphatic heterocycles. The molecule has 0 spiro atoms. The molecular formula is C22H29N3O4S. The van der Waals surface area contributed by atoms with Crippen molar-refractivity contribution in [2.45, 2.75) is 25.9 Å². The van der Waals surface area contributed by atoms with Crippen LogP contribution in [0.3, 0.4) is 0 Å². The first kappa shape index (κ1) is 22.1. The third-order valence-corrected chi connectivity index (χ3v) is 6.58. The first-order chi connectivity index (χ1) is 14.1. The lowest BCUT2D eigenvalue weighted by atomic mass is 10.1. The lowest BCUT2D eigenvalue weighted by molar-refractivity contribution is 0.102. The van der Waals surface area contributed by atoms with Crippen molar-refractivity contribution >= 4 is 27.3 Å². The van der Waals surface area contributed by atoms with E-state index in [0.717, 1.165) is 43.5 Å². The molecule has 0 saturated carbocycles. The maximum absolute atomic E-state index is 12.7. The van der Waals surface area contributed by atoms with E-state index in [1.165, 1.54) is 11.4 Å². The van der Waals surface area contributed by atoms with Crippen molar-refractivity contribution < 1.29 is 17.9 Å². The van der Waals surface area contributed by atoms with E-state index in [9.17, 15) is 13.2 Å². The number of aryl methyl sites for hydroxylation is 1. The molecule has 7 nitrogen and oxygen atoms in total. The van der Waals surface area contributed by atoms with E-state index in [0.29, 0.717) is 16.9 Å². The molecule has 1 aliphatic rings. The SMILES string of the molecule is Cc1ccc(C(=O)Nc2ccc(OC3CCN(C)CC3)cc2)cc1N(C)S(C)(=O)=O. The Balaban J connectivity index is 1.66. The zero-order valence-corrected chi connectivity index (χ0v) is 18.7. The summed E-state index contributed by atoms with van der Waals surface area (Å²) in [7, 11) is 0.175. The van der Waals surface area contributed by atoms with Crippen LogP contribution in [0.25, 0.3) is 0 Å². The number of hydrogen-bond acceptors (Lipinski definition) is 5. The van der Waals surface area contributed by atoms with Gasteiger partial charge < -0.3 is 15.0 Å². The van der Waals surface area contributed by atoms with Gasteiger partial charge >= 0.3 is 0 Å². The highest BCUT2D eigenvalue weighted by Crippen LogP contribution is 2.24. The number of benzene rings is 2. The van der Waals surface area contributed by atoms with Gasteiger partial charge in [0, 0.05) is 31.4 Å². The molecule has 162 valence electrons. The van der Waals surface area contributed by atoms with Crippen LogP contribution in [-0.4, -0.2) is 58.8 Å². The largest absolute Gasteiger partial charge is 0.490 e. The molecule has 1 fully saturated rings. The van der Waals surface area contributed by atoms with Gasteiger partial charge in [-0.3, -0.25) is 9.10 Å². The molecule has 1 N–H and O–H groups in total. The van der Waals surface area contributed by atoms with Crippen LogP contribution in [-0.2, 0) is 10.0 Å². The summed E-state index contributed by atoms with van der Waals surface area (Å²) in [5.41, 5.74) is 2.29. The fourth-order valence-electron chi connectivity index (χ4n) is 3.38. The molecule has 0 bridgehead atoms. The Bertz CT molecular complexity index is 998. The van der Waals surface area contributed by atoms with Crippen molar-refractivity contribution in [1.29, 1.82) is 0 Å². The maximum Gasteiger partial charge on any atom is 0.255 e. The molecule has 0 aliphatic carbocycles. The number of likely N-dealkylation sites (tertiary alicyclic amines) is 1. The van der Waals surface area contributed by atoms with Gasteiger partial charge in [0.25, 0.3) is 5.91 Å². The molecule has 2 aromatic rings. The molecule has 0 radical (unpaired) electrons. The van der Waals surface area contributed by atoms with Crippen LogP contribution in [0.2, 0.25) is 0 Å². The summed E-state index contributed by atoms with van der Waals surface area (Å²) in [5.74, 6) is 0.483. The summed E-state index contributed by atoms with van der Waals surface area (Å²) in [4.78, 5) is 15.0. The van der Waals surface area contributed by atoms with E-state index in [1.54, 1.807) is 30.3 Å². The van der Waals surface area contributed by atoms with Crippen LogP contribution in [0.5, 0.6) is 5.75 Å². The molecule has 1 heterocycles. The molecule has 2 aromatic carbocycles. The topological polar surface area (TPSA) is 79.0 Å². The monoisotopic (exact) mass is 431 g/mol. The van der Waals surface area contributed by atoms with Gasteiger partial charge in [-0.2, -0.15) is 0 Å². The fourth-order valence-corrected chi connectivity index (χ4v) is 3.94. The Morgan fingerprint density at radius 1 is 1.13 bits per heavy atom. The molecule has 3 rings (SSSR count). The lowest BCUT2D eigenvalue weighted by Crippen LogP contribution is -2.35. The van der Waals surface area contributed by atoms with E-state index in [2.05, 4.69) is 17.3 Å². The Morgan fingerprint density at radius 2 is 1.77 bits per heavy atom. The number of sulfonamides is 1. The van der Waals surface area contributed by atoms with E-state index in [-0.39, 0.29) is 12.0 Å². The number of rotatable bonds is 6. The Hall–Kier alpha value is -2.58. The molecule has 0 aromatic heterocycles. The number of nitrogens with one attached hydrogen (secondary N) is 1. The Labute approximate surface area is 178 Å². The van der Waals surface area contributed by atoms with Gasteiger partial charge in [-0.1, -0.05) is 6.07 Å². The third kappa shape index (κ3) is 5.52. The average molecular weight is 432 g/mol. The normalized spacial score (nSPS) is 15.6. The first-order valence-electron chi connectivity index (χ1n) is 9.94. The van der Waals surface area contributed by atoms with Crippen molar-refractivity contribution in [3.63, 3.8) is 0 Å². The summed E-state index contributed by atoms with van der Waals surface area (Å²) >= 11 is 0. The predicted octanol–water partition coefficient (Wildman–Crippen LogP) is 3.12. The van der Waals surface area contributed by atoms with Gasteiger partial charge in [0.2, 0.25) is 10.0 Å². The van der Waals surface area contributed by atoms with Crippen LogP contribution in [0, 0.1) is 6.92 Å². The van der Waals surface area contributed by atoms with E-state index in [4.69, 9.17) is 4.74 Å². The Morgan fingerprint density at radius 3 is 2.37 bits per heavy atom. The van der Waals surface area contributed by atoms with E-state index >= 15 is 0 Å². The summed E-state index contributed by atoms with van der Waals surface area (Å²) in [5, 5.41) is 2.85. The zero-order valence-electron chi connectivity index (χ0n) is 17.9. The van der Waals surface area contributed by atoms with Gasteiger partial charge in [-0.15, -0.1) is 0 Å². The molecule has 8 heteroatoms. The van der Waals surface area contributed by atoms with Gasteiger partial charge in [0.1, 0.15) is 11.9 Å². The molecular weight excluding hydrogens is 402 g/mol. The predicted molar refractivity (Wildman–Crippen MR) is 120 cm³/mol. The first-order valence-corrected chi connectivity index (χ1v) is 11.8. The van der Waals surface area contributed by atoms with E-state index < -0.39 is 10.0 Å². The van der Waals surface area contributed by atoms with Crippen LogP contribution in [0.4, 0.5) is 11.4 Å². The second-order valence-corrected chi connectivity index (χ2v) is 9.84. The lowest BCUT2D eigenvalue weighted by Gasteiger charge is -2.29. The number of carbonyl (C=O) groups is 1. The second kappa shape index (κ2) is 9.06. The quantitative estimate of drug-likeness (QED) is 0.760. The number of hydrogen-bond donors (Lipinski definition) is 1. The molecule has 1 saturated heterocycles. The molecule has 0 atom stereocenters. The Kier molecular flexibility index (Phi) is 6.67. The van der Waals surface area contributed by atoms with Crippen LogP contribution in [0.15, 0.2) is 42.5 Å². The standard InChI is InChI=1S/C22H29N3O4S/c1-16-5-6-17(15-21(16)25(3)30(4,27)28)22(26)23-18-7-9-19(10-8-18)29-20-11-13-24(2)14-12-20/h5-10,15,20H,11-14H2,1-4H3,(H,23,26). The van der Waals surface area contributed by atoms with Crippen molar-refractivity contribution in [1.82, 2.24) is 4.90 Å². The summed E-state index contributed by atoms with van der Waals surface area (Å²) in [6, 6.07) is 12.3. The minimum Gasteiger partial charge on any atom is -0.490 e. The number of anilines is 2. The molecule has 30 heavy (non-hydrogen) atoms. The van der Waals surface area contributed by atoms with Crippen molar-refractivity contribution in [3.05, 3.63) is 53.6 Å². The second-order valence-electron chi connectivity index (χ2n) is 7.83. The smallest absolute Gasteiger partial charge is 0.255 e. The van der Waals surface area contributed by atoms with Crippen molar-refractivity contribution in [2.24, 2.45) is 0 Å². The zero-order chi connectivity index (χ0) is 21.9. The highest BCUT2D eigenvalue weighted by molar-refractivity contribution is 7.92. The number of carbonyl (C=O) groups excluding carboxylic acids is 1. The summed E-state index contributed by atoms with van der Waals surface area (Å²) in [6.07, 6.45) is 3.37. The molecule has 1 amide bonds. The van der Waals surface area contributed by atoms with Crippen molar-refractivity contribution in [2.75, 3.05) is 43.1 Å². The van der Waals surface area contributed by atoms with Gasteiger partial charge in [0.05, 0.1) is 11.9 Å². The maximum atomic E-state index is 12.7. The minimum atomic E-state index is -3.41. The fraction of sp³-hybridized carbons (Fsp3) is 0.409. The van der Waals surface area contributed by atoms with Crippen LogP contribution in [0.1, 0.15) is 28.8 Å². The minimum absolute atomic E-state index is 0.222. The summed E-state index contributed by atoms with van der Waals surface area (Å²) < 4.78 is 30.9. The van der Waals surface area contributed by atoms with Crippen molar-refractivity contribution in [3.8, 4) is 5.75 Å². The van der Waals surface area contributed by atoms with Gasteiger partial charge in [-0.25, -0.2) is 8.42 Å². The highest BCUT2D eigenvalue weighted by Gasteiger charge is 2.19. The van der Waals surface area contributed by atoms with E-state index in [1.807, 2.05) is 19.1 Å². The van der Waals surface area contributed by atoms with Crippen LogP contribution >= 0.6 is 0 Å². The molecule has 0 unspecified atom stereocenters. The average Bonchev–Trinajstić information content (AvgIpc) is 2.70. The highest BCUT2D eigenvalue weighted by atomic mass is 32.2. The number of ether oxygens (including phenoxy) is 1. The number of amides is 1. The third-order valence-electron chi connectivity index (χ3n) is 5.39. The van der Waals surface area contributed by atoms with Crippen LogP contribution < -0.4 is 14.4 Å². The van der Waals surface area contributed by atoms with Gasteiger partial charge in [-0.05, 0) is 68.8 Å². The number of piperidine rings is 1.